The molecule has 29 heavy (non-hydrogen) atoms. The highest BCUT2D eigenvalue weighted by Gasteiger charge is 2.33. The van der Waals surface area contributed by atoms with Crippen molar-refractivity contribution in [3.05, 3.63) is 93.4 Å². The van der Waals surface area contributed by atoms with Crippen molar-refractivity contribution < 1.29 is 14.0 Å². The van der Waals surface area contributed by atoms with Crippen molar-refractivity contribution in [3.63, 3.8) is 0 Å². The summed E-state index contributed by atoms with van der Waals surface area (Å²) in [4.78, 5) is 24.8. The van der Waals surface area contributed by atoms with E-state index >= 15 is 0 Å². The summed E-state index contributed by atoms with van der Waals surface area (Å²) in [5.41, 5.74) is 2.87. The number of nitrogens with one attached hydrogen (secondary N) is 1. The van der Waals surface area contributed by atoms with Gasteiger partial charge in [0.15, 0.2) is 11.6 Å². The molecule has 146 valence electrons. The van der Waals surface area contributed by atoms with E-state index in [-0.39, 0.29) is 17.3 Å². The molecule has 0 aromatic heterocycles. The van der Waals surface area contributed by atoms with E-state index in [9.17, 15) is 19.2 Å². The van der Waals surface area contributed by atoms with Crippen LogP contribution in [0, 0.1) is 17.1 Å². The quantitative estimate of drug-likeness (QED) is 0.703. The van der Waals surface area contributed by atoms with Gasteiger partial charge in [0.1, 0.15) is 5.82 Å². The van der Waals surface area contributed by atoms with E-state index in [2.05, 4.69) is 11.4 Å². The Balaban J connectivity index is 1.93. The molecular formula is C23H19FN2O2S. The Labute approximate surface area is 173 Å². The number of thioether (sulfide) groups is 1. The average molecular weight is 406 g/mol. The normalized spacial score (nSPS) is 16.3. The largest absolute Gasteiger partial charge is 0.353 e. The maximum atomic E-state index is 13.1. The van der Waals surface area contributed by atoms with E-state index in [1.54, 1.807) is 6.92 Å². The molecule has 0 radical (unpaired) electrons. The first-order valence-corrected chi connectivity index (χ1v) is 10.0. The molecule has 0 aliphatic carbocycles. The lowest BCUT2D eigenvalue weighted by Gasteiger charge is -2.29. The topological polar surface area (TPSA) is 70.0 Å². The number of hydrogen-bond donors (Lipinski definition) is 1. The fraction of sp³-hybridized carbons (Fsp3) is 0.174. The lowest BCUT2D eigenvalue weighted by Crippen LogP contribution is -2.27. The zero-order chi connectivity index (χ0) is 21.0. The van der Waals surface area contributed by atoms with Gasteiger partial charge in [-0.05, 0) is 43.7 Å². The van der Waals surface area contributed by atoms with Gasteiger partial charge in [-0.2, -0.15) is 5.26 Å². The maximum Gasteiger partial charge on any atom is 0.173 e. The van der Waals surface area contributed by atoms with Crippen LogP contribution < -0.4 is 5.32 Å². The van der Waals surface area contributed by atoms with Gasteiger partial charge in [-0.25, -0.2) is 4.39 Å². The van der Waals surface area contributed by atoms with E-state index in [1.165, 1.54) is 43.0 Å². The van der Waals surface area contributed by atoms with Crippen LogP contribution in [0.2, 0.25) is 0 Å². The first kappa shape index (κ1) is 20.6. The third-order valence-electron chi connectivity index (χ3n) is 4.67. The molecule has 2 aromatic carbocycles. The Kier molecular flexibility index (Phi) is 6.30. The molecule has 0 spiro atoms. The average Bonchev–Trinajstić information content (AvgIpc) is 2.72. The highest BCUT2D eigenvalue weighted by molar-refractivity contribution is 8.03. The highest BCUT2D eigenvalue weighted by Crippen LogP contribution is 2.40. The molecule has 0 amide bonds. The lowest BCUT2D eigenvalue weighted by atomic mass is 9.81. The van der Waals surface area contributed by atoms with Crippen molar-refractivity contribution in [3.8, 4) is 6.07 Å². The van der Waals surface area contributed by atoms with Crippen molar-refractivity contribution in [2.45, 2.75) is 19.8 Å². The first-order valence-electron chi connectivity index (χ1n) is 9.02. The number of Topliss-reactive ketones (excluding diaryl/α,β-unsaturated/α-hetero) is 2. The van der Waals surface area contributed by atoms with Gasteiger partial charge in [0.05, 0.1) is 28.3 Å². The lowest BCUT2D eigenvalue weighted by molar-refractivity contribution is -0.113. The number of nitriles is 1. The Bertz CT molecular complexity index is 1050. The predicted octanol–water partition coefficient (Wildman–Crippen LogP) is 4.73. The van der Waals surface area contributed by atoms with Gasteiger partial charge >= 0.3 is 0 Å². The van der Waals surface area contributed by atoms with Crippen LogP contribution in [0.5, 0.6) is 0 Å². The summed E-state index contributed by atoms with van der Waals surface area (Å²) in [7, 11) is 0. The SMILES string of the molecule is CC(=O)C1=C(C)NC(SCC(=O)c2ccc(F)cc2)=C(C#N)C1c1ccccc1. The van der Waals surface area contributed by atoms with Crippen LogP contribution in [-0.2, 0) is 4.79 Å². The fourth-order valence-electron chi connectivity index (χ4n) is 3.33. The third kappa shape index (κ3) is 4.47. The predicted molar refractivity (Wildman–Crippen MR) is 112 cm³/mol. The zero-order valence-electron chi connectivity index (χ0n) is 16.0. The summed E-state index contributed by atoms with van der Waals surface area (Å²) in [6, 6.07) is 17.0. The van der Waals surface area contributed by atoms with Crippen LogP contribution in [0.1, 0.15) is 35.7 Å². The maximum absolute atomic E-state index is 13.1. The Morgan fingerprint density at radius 3 is 2.38 bits per heavy atom. The van der Waals surface area contributed by atoms with Crippen LogP contribution in [0.15, 0.2) is 76.5 Å². The number of halogens is 1. The van der Waals surface area contributed by atoms with Crippen molar-refractivity contribution in [2.75, 3.05) is 5.75 Å². The number of ketones is 2. The second kappa shape index (κ2) is 8.89. The zero-order valence-corrected chi connectivity index (χ0v) is 16.8. The second-order valence-corrected chi connectivity index (χ2v) is 7.62. The van der Waals surface area contributed by atoms with E-state index in [0.29, 0.717) is 27.4 Å². The van der Waals surface area contributed by atoms with E-state index in [0.717, 1.165) is 5.56 Å². The van der Waals surface area contributed by atoms with E-state index < -0.39 is 11.7 Å². The van der Waals surface area contributed by atoms with Crippen LogP contribution in [0.4, 0.5) is 4.39 Å². The summed E-state index contributed by atoms with van der Waals surface area (Å²) in [6.45, 7) is 3.28. The summed E-state index contributed by atoms with van der Waals surface area (Å²) < 4.78 is 13.1. The molecule has 3 rings (SSSR count). The van der Waals surface area contributed by atoms with Crippen molar-refractivity contribution in [1.29, 1.82) is 5.26 Å². The number of rotatable bonds is 6. The van der Waals surface area contributed by atoms with Gasteiger partial charge < -0.3 is 5.32 Å². The smallest absolute Gasteiger partial charge is 0.173 e. The molecule has 1 aliphatic rings. The molecule has 1 atom stereocenters. The van der Waals surface area contributed by atoms with Gasteiger partial charge in [0.2, 0.25) is 0 Å². The molecule has 1 unspecified atom stereocenters. The van der Waals surface area contributed by atoms with Gasteiger partial charge in [0.25, 0.3) is 0 Å². The summed E-state index contributed by atoms with van der Waals surface area (Å²) in [6.07, 6.45) is 0. The molecule has 0 saturated heterocycles. The Hall–Kier alpha value is -3.17. The molecule has 1 N–H and O–H groups in total. The number of allylic oxidation sites excluding steroid dienone is 3. The van der Waals surface area contributed by atoms with Gasteiger partial charge in [-0.3, -0.25) is 9.59 Å². The van der Waals surface area contributed by atoms with Gasteiger partial charge in [0, 0.05) is 16.8 Å². The molecular weight excluding hydrogens is 387 g/mol. The van der Waals surface area contributed by atoms with Gasteiger partial charge in [-0.15, -0.1) is 0 Å². The molecule has 2 aromatic rings. The summed E-state index contributed by atoms with van der Waals surface area (Å²) in [5, 5.41) is 13.6. The van der Waals surface area contributed by atoms with E-state index in [1.807, 2.05) is 30.3 Å². The molecule has 0 fully saturated rings. The number of carbonyl (C=O) groups is 2. The number of nitrogens with zero attached hydrogens (tertiary/aromatic N) is 1. The number of carbonyl (C=O) groups excluding carboxylic acids is 2. The van der Waals surface area contributed by atoms with Crippen LogP contribution in [0.3, 0.4) is 0 Å². The number of hydrogen-bond acceptors (Lipinski definition) is 5. The molecule has 1 heterocycles. The molecule has 1 aliphatic heterocycles. The summed E-state index contributed by atoms with van der Waals surface area (Å²) >= 11 is 1.21. The van der Waals surface area contributed by atoms with Crippen molar-refractivity contribution in [1.82, 2.24) is 5.32 Å². The molecule has 6 heteroatoms. The minimum absolute atomic E-state index is 0.0866. The number of dihydropyridines is 1. The van der Waals surface area contributed by atoms with Crippen LogP contribution in [-0.4, -0.2) is 17.3 Å². The third-order valence-corrected chi connectivity index (χ3v) is 5.69. The van der Waals surface area contributed by atoms with E-state index in [4.69, 9.17) is 0 Å². The first-order chi connectivity index (χ1) is 13.9. The number of benzene rings is 2. The highest BCUT2D eigenvalue weighted by atomic mass is 32.2. The molecule has 0 saturated carbocycles. The fourth-order valence-corrected chi connectivity index (χ4v) is 4.32. The van der Waals surface area contributed by atoms with Crippen molar-refractivity contribution >= 4 is 23.3 Å². The van der Waals surface area contributed by atoms with Gasteiger partial charge in [-0.1, -0.05) is 42.1 Å². The molecule has 4 nitrogen and oxygen atoms in total. The standard InChI is InChI=1S/C23H19FN2O2S/c1-14-21(15(2)27)22(17-6-4-3-5-7-17)19(12-25)23(26-14)29-13-20(28)16-8-10-18(24)11-9-16/h3-11,22,26H,13H2,1-2H3. The Morgan fingerprint density at radius 1 is 1.14 bits per heavy atom. The minimum Gasteiger partial charge on any atom is -0.353 e. The monoisotopic (exact) mass is 406 g/mol. The summed E-state index contributed by atoms with van der Waals surface area (Å²) in [5.74, 6) is -1.08. The van der Waals surface area contributed by atoms with Crippen LogP contribution >= 0.6 is 11.8 Å². The molecule has 0 bridgehead atoms. The second-order valence-electron chi connectivity index (χ2n) is 6.64. The minimum atomic E-state index is -0.483. The Morgan fingerprint density at radius 2 is 1.79 bits per heavy atom. The van der Waals surface area contributed by atoms with Crippen LogP contribution in [0.25, 0.3) is 0 Å². The van der Waals surface area contributed by atoms with Crippen molar-refractivity contribution in [2.24, 2.45) is 0 Å².